The van der Waals surface area contributed by atoms with Crippen molar-refractivity contribution in [3.05, 3.63) is 15.6 Å². The summed E-state index contributed by atoms with van der Waals surface area (Å²) >= 11 is 1.87. The van der Waals surface area contributed by atoms with Crippen LogP contribution in [0.3, 0.4) is 0 Å². The summed E-state index contributed by atoms with van der Waals surface area (Å²) < 4.78 is 0. The van der Waals surface area contributed by atoms with Gasteiger partial charge in [0.05, 0.1) is 12.2 Å². The van der Waals surface area contributed by atoms with E-state index in [9.17, 15) is 0 Å². The molecule has 3 nitrogen and oxygen atoms in total. The molecule has 2 rings (SSSR count). The van der Waals surface area contributed by atoms with Crippen LogP contribution in [0.25, 0.3) is 0 Å². The third-order valence-corrected chi connectivity index (χ3v) is 4.17. The van der Waals surface area contributed by atoms with Crippen molar-refractivity contribution in [2.24, 2.45) is 0 Å². The van der Waals surface area contributed by atoms with Crippen LogP contribution in [0, 0.1) is 6.92 Å². The van der Waals surface area contributed by atoms with Gasteiger partial charge in [-0.25, -0.2) is 4.98 Å². The molecule has 0 spiro atoms. The number of nitrogens with zero attached hydrogens (tertiary/aromatic N) is 2. The van der Waals surface area contributed by atoms with E-state index in [1.165, 1.54) is 41.5 Å². The second-order valence-electron chi connectivity index (χ2n) is 4.38. The lowest BCUT2D eigenvalue weighted by molar-refractivity contribution is 0.330. The van der Waals surface area contributed by atoms with Gasteiger partial charge in [0, 0.05) is 11.4 Å². The van der Waals surface area contributed by atoms with Crippen LogP contribution in [-0.2, 0) is 13.1 Å². The van der Waals surface area contributed by atoms with Crippen molar-refractivity contribution in [2.45, 2.75) is 39.8 Å². The fraction of sp³-hybridized carbons (Fsp3) is 0.750. The Hall–Kier alpha value is -0.450. The number of hydrogen-bond acceptors (Lipinski definition) is 4. The van der Waals surface area contributed by atoms with Gasteiger partial charge in [0.25, 0.3) is 0 Å². The number of nitrogens with one attached hydrogen (secondary N) is 1. The summed E-state index contributed by atoms with van der Waals surface area (Å²) in [6.45, 7) is 9.82. The molecule has 0 saturated carbocycles. The Morgan fingerprint density at radius 2 is 2.12 bits per heavy atom. The normalized spacial score (nSPS) is 17.1. The molecule has 0 radical (unpaired) electrons. The van der Waals surface area contributed by atoms with Gasteiger partial charge in [-0.3, -0.25) is 4.90 Å². The van der Waals surface area contributed by atoms with Gasteiger partial charge >= 0.3 is 0 Å². The van der Waals surface area contributed by atoms with Crippen molar-refractivity contribution in [3.63, 3.8) is 0 Å². The van der Waals surface area contributed by atoms with Gasteiger partial charge in [0.2, 0.25) is 0 Å². The van der Waals surface area contributed by atoms with Crippen molar-refractivity contribution >= 4 is 11.3 Å². The van der Waals surface area contributed by atoms with E-state index in [4.69, 9.17) is 0 Å². The highest BCUT2D eigenvalue weighted by molar-refractivity contribution is 7.11. The SMILES string of the molecule is CCNCc1sc(CN2CCCC2)nc1C. The van der Waals surface area contributed by atoms with Crippen LogP contribution in [0.2, 0.25) is 0 Å². The Morgan fingerprint density at radius 1 is 1.38 bits per heavy atom. The molecule has 4 heteroatoms. The second-order valence-corrected chi connectivity index (χ2v) is 5.55. The summed E-state index contributed by atoms with van der Waals surface area (Å²) in [5.41, 5.74) is 1.21. The molecular formula is C12H21N3S. The molecule has 16 heavy (non-hydrogen) atoms. The lowest BCUT2D eigenvalue weighted by Gasteiger charge is -2.11. The van der Waals surface area contributed by atoms with Crippen LogP contribution in [0.15, 0.2) is 0 Å². The molecule has 90 valence electrons. The van der Waals surface area contributed by atoms with Crippen molar-refractivity contribution in [1.29, 1.82) is 0 Å². The van der Waals surface area contributed by atoms with Gasteiger partial charge in [-0.1, -0.05) is 6.92 Å². The molecule has 0 aliphatic carbocycles. The van der Waals surface area contributed by atoms with E-state index in [0.717, 1.165) is 19.6 Å². The maximum absolute atomic E-state index is 4.66. The topological polar surface area (TPSA) is 28.2 Å². The Kier molecular flexibility index (Phi) is 4.32. The Bertz CT molecular complexity index is 329. The van der Waals surface area contributed by atoms with Crippen LogP contribution >= 0.6 is 11.3 Å². The fourth-order valence-corrected chi connectivity index (χ4v) is 3.17. The molecular weight excluding hydrogens is 218 g/mol. The minimum absolute atomic E-state index is 0.972. The first-order valence-electron chi connectivity index (χ1n) is 6.18. The van der Waals surface area contributed by atoms with Crippen LogP contribution in [-0.4, -0.2) is 29.5 Å². The predicted octanol–water partition coefficient (Wildman–Crippen LogP) is 2.16. The van der Waals surface area contributed by atoms with Gasteiger partial charge < -0.3 is 5.32 Å². The maximum Gasteiger partial charge on any atom is 0.107 e. The highest BCUT2D eigenvalue weighted by atomic mass is 32.1. The number of aromatic nitrogens is 1. The summed E-state index contributed by atoms with van der Waals surface area (Å²) in [7, 11) is 0. The average Bonchev–Trinajstić information content (AvgIpc) is 2.86. The minimum atomic E-state index is 0.972. The summed E-state index contributed by atoms with van der Waals surface area (Å²) in [5, 5.41) is 4.65. The average molecular weight is 239 g/mol. The number of aryl methyl sites for hydroxylation is 1. The first kappa shape index (κ1) is 12.0. The standard InChI is InChI=1S/C12H21N3S/c1-3-13-8-11-10(2)14-12(16-11)9-15-6-4-5-7-15/h13H,3-9H2,1-2H3. The van der Waals surface area contributed by atoms with Gasteiger partial charge in [0.1, 0.15) is 5.01 Å². The van der Waals surface area contributed by atoms with Crippen molar-refractivity contribution in [2.75, 3.05) is 19.6 Å². The second kappa shape index (κ2) is 5.75. The molecule has 1 aliphatic heterocycles. The zero-order valence-electron chi connectivity index (χ0n) is 10.3. The van der Waals surface area contributed by atoms with Crippen molar-refractivity contribution in [3.8, 4) is 0 Å². The first-order valence-corrected chi connectivity index (χ1v) is 6.99. The molecule has 0 atom stereocenters. The van der Waals surface area contributed by atoms with E-state index in [1.807, 2.05) is 11.3 Å². The summed E-state index contributed by atoms with van der Waals surface area (Å²) in [4.78, 5) is 8.57. The van der Waals surface area contributed by atoms with E-state index in [1.54, 1.807) is 0 Å². The summed E-state index contributed by atoms with van der Waals surface area (Å²) in [6, 6.07) is 0. The molecule has 0 amide bonds. The smallest absolute Gasteiger partial charge is 0.107 e. The Balaban J connectivity index is 1.93. The van der Waals surface area contributed by atoms with E-state index >= 15 is 0 Å². The molecule has 0 unspecified atom stereocenters. The minimum Gasteiger partial charge on any atom is -0.312 e. The molecule has 1 aliphatic rings. The van der Waals surface area contributed by atoms with Crippen molar-refractivity contribution < 1.29 is 0 Å². The van der Waals surface area contributed by atoms with E-state index in [0.29, 0.717) is 0 Å². The van der Waals surface area contributed by atoms with Crippen molar-refractivity contribution in [1.82, 2.24) is 15.2 Å². The van der Waals surface area contributed by atoms with E-state index < -0.39 is 0 Å². The molecule has 1 saturated heterocycles. The lowest BCUT2D eigenvalue weighted by atomic mass is 10.4. The Labute approximate surface area is 102 Å². The van der Waals surface area contributed by atoms with Gasteiger partial charge in [-0.15, -0.1) is 11.3 Å². The maximum atomic E-state index is 4.66. The predicted molar refractivity (Wildman–Crippen MR) is 68.7 cm³/mol. The first-order chi connectivity index (χ1) is 7.79. The highest BCUT2D eigenvalue weighted by Gasteiger charge is 2.14. The molecule has 1 aromatic heterocycles. The number of rotatable bonds is 5. The zero-order chi connectivity index (χ0) is 11.4. The lowest BCUT2D eigenvalue weighted by Crippen LogP contribution is -2.18. The third-order valence-electron chi connectivity index (χ3n) is 3.03. The number of hydrogen-bond donors (Lipinski definition) is 1. The zero-order valence-corrected chi connectivity index (χ0v) is 11.1. The Morgan fingerprint density at radius 3 is 2.81 bits per heavy atom. The van der Waals surface area contributed by atoms with Gasteiger partial charge in [-0.2, -0.15) is 0 Å². The van der Waals surface area contributed by atoms with Crippen LogP contribution in [0.1, 0.15) is 35.3 Å². The van der Waals surface area contributed by atoms with E-state index in [-0.39, 0.29) is 0 Å². The number of likely N-dealkylation sites (tertiary alicyclic amines) is 1. The molecule has 0 aromatic carbocycles. The molecule has 1 N–H and O–H groups in total. The number of thiazole rings is 1. The third kappa shape index (κ3) is 3.03. The van der Waals surface area contributed by atoms with Gasteiger partial charge in [0.15, 0.2) is 0 Å². The van der Waals surface area contributed by atoms with E-state index in [2.05, 4.69) is 29.0 Å². The fourth-order valence-electron chi connectivity index (χ4n) is 2.09. The molecule has 0 bridgehead atoms. The summed E-state index contributed by atoms with van der Waals surface area (Å²) in [5.74, 6) is 0. The molecule has 2 heterocycles. The van der Waals surface area contributed by atoms with Crippen LogP contribution in [0.4, 0.5) is 0 Å². The van der Waals surface area contributed by atoms with Gasteiger partial charge in [-0.05, 0) is 39.4 Å². The van der Waals surface area contributed by atoms with Crippen LogP contribution < -0.4 is 5.32 Å². The quantitative estimate of drug-likeness (QED) is 0.853. The monoisotopic (exact) mass is 239 g/mol. The highest BCUT2D eigenvalue weighted by Crippen LogP contribution is 2.21. The van der Waals surface area contributed by atoms with Crippen LogP contribution in [0.5, 0.6) is 0 Å². The molecule has 1 fully saturated rings. The molecule has 1 aromatic rings. The largest absolute Gasteiger partial charge is 0.312 e. The summed E-state index contributed by atoms with van der Waals surface area (Å²) in [6.07, 6.45) is 2.71.